The van der Waals surface area contributed by atoms with Gasteiger partial charge in [0.1, 0.15) is 4.75 Å². The number of hydrogen-bond acceptors (Lipinski definition) is 4. The van der Waals surface area contributed by atoms with Crippen LogP contribution in [0.15, 0.2) is 18.2 Å². The molecule has 5 nitrogen and oxygen atoms in total. The van der Waals surface area contributed by atoms with Gasteiger partial charge in [0.05, 0.1) is 5.69 Å². The van der Waals surface area contributed by atoms with E-state index in [1.54, 1.807) is 13.8 Å². The summed E-state index contributed by atoms with van der Waals surface area (Å²) in [6.07, 6.45) is 1.22. The second-order valence-electron chi connectivity index (χ2n) is 5.94. The Morgan fingerprint density at radius 3 is 2.33 bits per heavy atom. The van der Waals surface area contributed by atoms with Crippen LogP contribution in [0, 0.1) is 13.8 Å². The number of aromatic amines is 1. The average molecular weight is 307 g/mol. The van der Waals surface area contributed by atoms with Crippen LogP contribution < -0.4 is 5.73 Å². The number of benzene rings is 1. The number of rotatable bonds is 3. The highest BCUT2D eigenvalue weighted by Crippen LogP contribution is 2.38. The third-order valence-electron chi connectivity index (χ3n) is 4.12. The predicted octanol–water partition coefficient (Wildman–Crippen LogP) is 2.56. The zero-order valence-corrected chi connectivity index (χ0v) is 13.8. The summed E-state index contributed by atoms with van der Waals surface area (Å²) in [4.78, 5) is 0. The Labute approximate surface area is 125 Å². The van der Waals surface area contributed by atoms with Crippen LogP contribution in [0.1, 0.15) is 30.7 Å². The molecule has 0 fully saturated rings. The van der Waals surface area contributed by atoms with Crippen LogP contribution in [-0.4, -0.2) is 24.9 Å². The number of aryl methyl sites for hydroxylation is 2. The molecule has 2 rings (SSSR count). The van der Waals surface area contributed by atoms with Gasteiger partial charge in [0.2, 0.25) is 0 Å². The number of sulfone groups is 1. The highest BCUT2D eigenvalue weighted by Gasteiger charge is 2.37. The Hall–Kier alpha value is -1.82. The molecule has 3 N–H and O–H groups in total. The minimum Gasteiger partial charge on any atom is -0.382 e. The number of anilines is 1. The molecule has 2 aromatic rings. The average Bonchev–Trinajstić information content (AvgIpc) is 2.74. The smallest absolute Gasteiger partial charge is 0.158 e. The fourth-order valence-electron chi connectivity index (χ4n) is 2.17. The molecule has 0 spiro atoms. The quantitative estimate of drug-likeness (QED) is 0.912. The molecule has 21 heavy (non-hydrogen) atoms. The summed E-state index contributed by atoms with van der Waals surface area (Å²) in [7, 11) is -3.32. The SMILES string of the molecule is Cc1ccc(-c2c(N)n[nH]c2C(C)(C)S(C)(=O)=O)cc1C. The molecular weight excluding hydrogens is 286 g/mol. The summed E-state index contributed by atoms with van der Waals surface area (Å²) in [5.74, 6) is 0.310. The number of nitrogen functional groups attached to an aromatic ring is 1. The Morgan fingerprint density at radius 1 is 1.19 bits per heavy atom. The molecule has 0 aliphatic rings. The second kappa shape index (κ2) is 4.87. The topological polar surface area (TPSA) is 88.8 Å². The maximum atomic E-state index is 12.1. The molecular formula is C15H21N3O2S. The van der Waals surface area contributed by atoms with Gasteiger partial charge in [0, 0.05) is 11.8 Å². The lowest BCUT2D eigenvalue weighted by molar-refractivity contribution is 0.556. The third kappa shape index (κ3) is 2.55. The van der Waals surface area contributed by atoms with Crippen molar-refractivity contribution in [3.63, 3.8) is 0 Å². The summed E-state index contributed by atoms with van der Waals surface area (Å²) in [5, 5.41) is 6.81. The second-order valence-corrected chi connectivity index (χ2v) is 8.51. The number of nitrogens with zero attached hydrogens (tertiary/aromatic N) is 1. The van der Waals surface area contributed by atoms with Crippen molar-refractivity contribution >= 4 is 15.7 Å². The van der Waals surface area contributed by atoms with Crippen molar-refractivity contribution in [1.82, 2.24) is 10.2 Å². The molecule has 0 amide bonds. The maximum Gasteiger partial charge on any atom is 0.158 e. The lowest BCUT2D eigenvalue weighted by Gasteiger charge is -2.22. The minimum atomic E-state index is -3.32. The van der Waals surface area contributed by atoms with E-state index >= 15 is 0 Å². The zero-order chi connectivity index (χ0) is 16.0. The van der Waals surface area contributed by atoms with Crippen molar-refractivity contribution in [2.24, 2.45) is 0 Å². The standard InChI is InChI=1S/C15H21N3O2S/c1-9-6-7-11(8-10(9)2)12-13(17-18-14(12)16)15(3,4)21(5,19)20/h6-8H,1-5H3,(H3,16,17,18). The van der Waals surface area contributed by atoms with Crippen LogP contribution in [0.4, 0.5) is 5.82 Å². The molecule has 0 saturated carbocycles. The van der Waals surface area contributed by atoms with E-state index in [4.69, 9.17) is 5.73 Å². The zero-order valence-electron chi connectivity index (χ0n) is 13.0. The van der Waals surface area contributed by atoms with E-state index < -0.39 is 14.6 Å². The Kier molecular flexibility index (Phi) is 3.61. The highest BCUT2D eigenvalue weighted by atomic mass is 32.2. The molecule has 1 heterocycles. The molecule has 0 aliphatic carbocycles. The first-order chi connectivity index (χ1) is 9.55. The van der Waals surface area contributed by atoms with E-state index in [1.807, 2.05) is 32.0 Å². The first-order valence-electron chi connectivity index (χ1n) is 6.67. The molecule has 6 heteroatoms. The molecule has 0 atom stereocenters. The molecule has 0 bridgehead atoms. The fraction of sp³-hybridized carbons (Fsp3) is 0.400. The number of H-pyrrole nitrogens is 1. The van der Waals surface area contributed by atoms with Gasteiger partial charge in [0.15, 0.2) is 15.7 Å². The Bertz CT molecular complexity index is 789. The predicted molar refractivity (Wildman–Crippen MR) is 85.8 cm³/mol. The van der Waals surface area contributed by atoms with Crippen molar-refractivity contribution in [2.75, 3.05) is 12.0 Å². The van der Waals surface area contributed by atoms with Crippen molar-refractivity contribution < 1.29 is 8.42 Å². The normalized spacial score (nSPS) is 12.6. The van der Waals surface area contributed by atoms with Crippen LogP contribution in [0.25, 0.3) is 11.1 Å². The Balaban J connectivity index is 2.72. The summed E-state index contributed by atoms with van der Waals surface area (Å²) >= 11 is 0. The van der Waals surface area contributed by atoms with Gasteiger partial charge < -0.3 is 5.73 Å². The molecule has 0 radical (unpaired) electrons. The minimum absolute atomic E-state index is 0.310. The molecule has 0 aliphatic heterocycles. The lowest BCUT2D eigenvalue weighted by Crippen LogP contribution is -2.29. The largest absolute Gasteiger partial charge is 0.382 e. The molecule has 114 valence electrons. The van der Waals surface area contributed by atoms with Crippen molar-refractivity contribution in [3.8, 4) is 11.1 Å². The number of hydrogen-bond donors (Lipinski definition) is 2. The van der Waals surface area contributed by atoms with Crippen LogP contribution >= 0.6 is 0 Å². The van der Waals surface area contributed by atoms with Crippen LogP contribution in [0.2, 0.25) is 0 Å². The Morgan fingerprint density at radius 2 is 1.81 bits per heavy atom. The van der Waals surface area contributed by atoms with E-state index in [2.05, 4.69) is 10.2 Å². The maximum absolute atomic E-state index is 12.1. The van der Waals surface area contributed by atoms with Gasteiger partial charge in [-0.1, -0.05) is 18.2 Å². The fourth-order valence-corrected chi connectivity index (χ4v) is 2.68. The van der Waals surface area contributed by atoms with Gasteiger partial charge in [-0.25, -0.2) is 8.42 Å². The van der Waals surface area contributed by atoms with Crippen LogP contribution in [0.5, 0.6) is 0 Å². The number of nitrogens with two attached hydrogens (primary N) is 1. The van der Waals surface area contributed by atoms with E-state index in [1.165, 1.54) is 11.8 Å². The summed E-state index contributed by atoms with van der Waals surface area (Å²) in [6, 6.07) is 5.93. The van der Waals surface area contributed by atoms with Gasteiger partial charge in [-0.05, 0) is 44.4 Å². The van der Waals surface area contributed by atoms with E-state index in [0.717, 1.165) is 11.1 Å². The van der Waals surface area contributed by atoms with Crippen LogP contribution in [-0.2, 0) is 14.6 Å². The third-order valence-corrected chi connectivity index (χ3v) is 6.18. The van der Waals surface area contributed by atoms with Gasteiger partial charge in [-0.2, -0.15) is 5.10 Å². The monoisotopic (exact) mass is 307 g/mol. The van der Waals surface area contributed by atoms with E-state index in [0.29, 0.717) is 17.1 Å². The van der Waals surface area contributed by atoms with Gasteiger partial charge >= 0.3 is 0 Å². The van der Waals surface area contributed by atoms with Crippen molar-refractivity contribution in [3.05, 3.63) is 35.0 Å². The molecule has 1 aromatic carbocycles. The van der Waals surface area contributed by atoms with Gasteiger partial charge in [-0.3, -0.25) is 5.10 Å². The molecule has 1 aromatic heterocycles. The van der Waals surface area contributed by atoms with Gasteiger partial charge in [-0.15, -0.1) is 0 Å². The summed E-state index contributed by atoms with van der Waals surface area (Å²) in [5.41, 5.74) is 10.3. The van der Waals surface area contributed by atoms with Crippen molar-refractivity contribution in [2.45, 2.75) is 32.4 Å². The lowest BCUT2D eigenvalue weighted by atomic mass is 9.96. The molecule has 0 saturated heterocycles. The van der Waals surface area contributed by atoms with E-state index in [9.17, 15) is 8.42 Å². The van der Waals surface area contributed by atoms with E-state index in [-0.39, 0.29) is 0 Å². The number of nitrogens with one attached hydrogen (secondary N) is 1. The number of aromatic nitrogens is 2. The summed E-state index contributed by atoms with van der Waals surface area (Å²) < 4.78 is 23.1. The van der Waals surface area contributed by atoms with Crippen molar-refractivity contribution in [1.29, 1.82) is 0 Å². The first kappa shape index (κ1) is 15.6. The van der Waals surface area contributed by atoms with Crippen LogP contribution in [0.3, 0.4) is 0 Å². The van der Waals surface area contributed by atoms with Gasteiger partial charge in [0.25, 0.3) is 0 Å². The summed E-state index contributed by atoms with van der Waals surface area (Å²) in [6.45, 7) is 7.34. The first-order valence-corrected chi connectivity index (χ1v) is 8.56. The molecule has 0 unspecified atom stereocenters. The highest BCUT2D eigenvalue weighted by molar-refractivity contribution is 7.91.